The third-order valence-corrected chi connectivity index (χ3v) is 4.03. The number of hydrogen-bond donors (Lipinski definition) is 3. The van der Waals surface area contributed by atoms with Gasteiger partial charge in [0.15, 0.2) is 0 Å². The van der Waals surface area contributed by atoms with E-state index in [1.807, 2.05) is 0 Å². The Hall–Kier alpha value is -1.82. The predicted molar refractivity (Wildman–Crippen MR) is 85.2 cm³/mol. The molecular formula is C15H25N5O. The van der Waals surface area contributed by atoms with Crippen molar-refractivity contribution in [2.24, 2.45) is 5.73 Å². The molecule has 1 atom stereocenters. The number of carbonyl (C=O) groups is 1. The molecule has 0 bridgehead atoms. The van der Waals surface area contributed by atoms with Crippen LogP contribution in [-0.2, 0) is 0 Å². The number of rotatable bonds is 6. The Morgan fingerprint density at radius 2 is 2.33 bits per heavy atom. The lowest BCUT2D eigenvalue weighted by molar-refractivity contribution is 0.100. The zero-order valence-corrected chi connectivity index (χ0v) is 12.6. The SMILES string of the molecule is CC1CCCCN1CCCNc1ncc(N)cc1C(N)=O. The number of nitrogen functional groups attached to an aromatic ring is 1. The van der Waals surface area contributed by atoms with Gasteiger partial charge in [-0.2, -0.15) is 0 Å². The number of carbonyl (C=O) groups excluding carboxylic acids is 1. The number of anilines is 2. The molecule has 0 spiro atoms. The van der Waals surface area contributed by atoms with Crippen LogP contribution in [0.25, 0.3) is 0 Å². The van der Waals surface area contributed by atoms with Crippen LogP contribution in [0.1, 0.15) is 43.0 Å². The Kier molecular flexibility index (Phi) is 5.38. The van der Waals surface area contributed by atoms with Gasteiger partial charge in [0.2, 0.25) is 0 Å². The molecule has 5 N–H and O–H groups in total. The van der Waals surface area contributed by atoms with Crippen molar-refractivity contribution in [2.45, 2.75) is 38.6 Å². The zero-order valence-electron chi connectivity index (χ0n) is 12.6. The topological polar surface area (TPSA) is 97.3 Å². The highest BCUT2D eigenvalue weighted by atomic mass is 16.1. The van der Waals surface area contributed by atoms with Crippen molar-refractivity contribution in [3.05, 3.63) is 17.8 Å². The molecule has 1 unspecified atom stereocenters. The van der Waals surface area contributed by atoms with Gasteiger partial charge in [0.1, 0.15) is 5.82 Å². The van der Waals surface area contributed by atoms with Crippen molar-refractivity contribution in [2.75, 3.05) is 30.7 Å². The minimum atomic E-state index is -0.512. The summed E-state index contributed by atoms with van der Waals surface area (Å²) in [6, 6.07) is 2.24. The number of primary amides is 1. The molecule has 1 aromatic heterocycles. The van der Waals surface area contributed by atoms with Crippen molar-refractivity contribution in [1.29, 1.82) is 0 Å². The first-order chi connectivity index (χ1) is 10.1. The number of nitrogens with two attached hydrogens (primary N) is 2. The second-order valence-electron chi connectivity index (χ2n) is 5.69. The van der Waals surface area contributed by atoms with Gasteiger partial charge in [-0.3, -0.25) is 4.79 Å². The lowest BCUT2D eigenvalue weighted by Gasteiger charge is -2.33. The zero-order chi connectivity index (χ0) is 15.2. The average Bonchev–Trinajstić information content (AvgIpc) is 2.46. The van der Waals surface area contributed by atoms with Crippen LogP contribution in [0.5, 0.6) is 0 Å². The summed E-state index contributed by atoms with van der Waals surface area (Å²) in [5.41, 5.74) is 11.8. The largest absolute Gasteiger partial charge is 0.397 e. The highest BCUT2D eigenvalue weighted by molar-refractivity contribution is 5.98. The quantitative estimate of drug-likeness (QED) is 0.689. The highest BCUT2D eigenvalue weighted by Gasteiger charge is 2.17. The molecule has 21 heavy (non-hydrogen) atoms. The second kappa shape index (κ2) is 7.26. The van der Waals surface area contributed by atoms with Crippen LogP contribution in [0.4, 0.5) is 11.5 Å². The molecule has 6 nitrogen and oxygen atoms in total. The summed E-state index contributed by atoms with van der Waals surface area (Å²) < 4.78 is 0. The Morgan fingerprint density at radius 3 is 3.05 bits per heavy atom. The number of nitrogens with one attached hydrogen (secondary N) is 1. The summed E-state index contributed by atoms with van der Waals surface area (Å²) in [6.45, 7) is 5.31. The lowest BCUT2D eigenvalue weighted by Crippen LogP contribution is -2.38. The van der Waals surface area contributed by atoms with Crippen LogP contribution >= 0.6 is 0 Å². The predicted octanol–water partition coefficient (Wildman–Crippen LogP) is 1.44. The van der Waals surface area contributed by atoms with Crippen molar-refractivity contribution in [1.82, 2.24) is 9.88 Å². The summed E-state index contributed by atoms with van der Waals surface area (Å²) in [4.78, 5) is 18.0. The molecule has 0 aromatic carbocycles. The number of piperidine rings is 1. The number of aromatic nitrogens is 1. The molecule has 2 heterocycles. The maximum Gasteiger partial charge on any atom is 0.252 e. The second-order valence-corrected chi connectivity index (χ2v) is 5.69. The van der Waals surface area contributed by atoms with Gasteiger partial charge in [-0.1, -0.05) is 6.42 Å². The third-order valence-electron chi connectivity index (χ3n) is 4.03. The van der Waals surface area contributed by atoms with Crippen molar-refractivity contribution < 1.29 is 4.79 Å². The van der Waals surface area contributed by atoms with E-state index in [0.29, 0.717) is 23.1 Å². The fourth-order valence-electron chi connectivity index (χ4n) is 2.79. The Bertz CT molecular complexity index is 491. The van der Waals surface area contributed by atoms with E-state index in [1.165, 1.54) is 32.0 Å². The van der Waals surface area contributed by atoms with E-state index >= 15 is 0 Å². The van der Waals surface area contributed by atoms with E-state index in [1.54, 1.807) is 6.07 Å². The first kappa shape index (κ1) is 15.6. The number of pyridine rings is 1. The highest BCUT2D eigenvalue weighted by Crippen LogP contribution is 2.17. The summed E-state index contributed by atoms with van der Waals surface area (Å²) >= 11 is 0. The van der Waals surface area contributed by atoms with E-state index in [0.717, 1.165) is 19.5 Å². The normalized spacial score (nSPS) is 19.4. The fourth-order valence-corrected chi connectivity index (χ4v) is 2.79. The van der Waals surface area contributed by atoms with Crippen LogP contribution in [0.15, 0.2) is 12.3 Å². The van der Waals surface area contributed by atoms with Crippen LogP contribution in [0.2, 0.25) is 0 Å². The summed E-state index contributed by atoms with van der Waals surface area (Å²) in [6.07, 6.45) is 6.46. The first-order valence-electron chi connectivity index (χ1n) is 7.61. The maximum absolute atomic E-state index is 11.4. The molecule has 1 fully saturated rings. The standard InChI is InChI=1S/C15H25N5O/c1-11-5-2-3-7-20(11)8-4-6-18-15-13(14(17)21)9-12(16)10-19-15/h9-11H,2-8,16H2,1H3,(H2,17,21)(H,18,19). The summed E-state index contributed by atoms with van der Waals surface area (Å²) in [7, 11) is 0. The monoisotopic (exact) mass is 291 g/mol. The number of nitrogens with zero attached hydrogens (tertiary/aromatic N) is 2. The van der Waals surface area contributed by atoms with Crippen LogP contribution in [0, 0.1) is 0 Å². The number of hydrogen-bond acceptors (Lipinski definition) is 5. The minimum Gasteiger partial charge on any atom is -0.397 e. The van der Waals surface area contributed by atoms with Gasteiger partial charge in [0, 0.05) is 19.1 Å². The van der Waals surface area contributed by atoms with E-state index in [4.69, 9.17) is 11.5 Å². The molecule has 1 aliphatic heterocycles. The fraction of sp³-hybridized carbons (Fsp3) is 0.600. The average molecular weight is 291 g/mol. The van der Waals surface area contributed by atoms with Gasteiger partial charge >= 0.3 is 0 Å². The number of likely N-dealkylation sites (tertiary alicyclic amines) is 1. The molecule has 116 valence electrons. The van der Waals surface area contributed by atoms with Gasteiger partial charge in [0.25, 0.3) is 5.91 Å². The Labute approximate surface area is 125 Å². The van der Waals surface area contributed by atoms with Crippen molar-refractivity contribution >= 4 is 17.4 Å². The smallest absolute Gasteiger partial charge is 0.252 e. The van der Waals surface area contributed by atoms with E-state index < -0.39 is 5.91 Å². The molecule has 1 aliphatic rings. The molecule has 0 radical (unpaired) electrons. The third kappa shape index (κ3) is 4.32. The first-order valence-corrected chi connectivity index (χ1v) is 7.61. The van der Waals surface area contributed by atoms with E-state index in [9.17, 15) is 4.79 Å². The van der Waals surface area contributed by atoms with E-state index in [-0.39, 0.29) is 0 Å². The Morgan fingerprint density at radius 1 is 1.52 bits per heavy atom. The van der Waals surface area contributed by atoms with Crippen LogP contribution < -0.4 is 16.8 Å². The van der Waals surface area contributed by atoms with Crippen LogP contribution in [0.3, 0.4) is 0 Å². The minimum absolute atomic E-state index is 0.348. The molecule has 0 saturated carbocycles. The van der Waals surface area contributed by atoms with Gasteiger partial charge in [0.05, 0.1) is 17.4 Å². The van der Waals surface area contributed by atoms with Crippen molar-refractivity contribution in [3.8, 4) is 0 Å². The molecule has 1 amide bonds. The number of amides is 1. The molecular weight excluding hydrogens is 266 g/mol. The molecule has 1 saturated heterocycles. The Balaban J connectivity index is 1.82. The summed E-state index contributed by atoms with van der Waals surface area (Å²) in [5, 5.41) is 3.18. The van der Waals surface area contributed by atoms with Crippen molar-refractivity contribution in [3.63, 3.8) is 0 Å². The van der Waals surface area contributed by atoms with Gasteiger partial charge in [-0.15, -0.1) is 0 Å². The maximum atomic E-state index is 11.4. The van der Waals surface area contributed by atoms with Gasteiger partial charge in [-0.25, -0.2) is 4.98 Å². The lowest BCUT2D eigenvalue weighted by atomic mass is 10.0. The van der Waals surface area contributed by atoms with E-state index in [2.05, 4.69) is 22.1 Å². The molecule has 2 rings (SSSR count). The van der Waals surface area contributed by atoms with Gasteiger partial charge < -0.3 is 21.7 Å². The molecule has 1 aromatic rings. The van der Waals surface area contributed by atoms with Gasteiger partial charge in [-0.05, 0) is 38.8 Å². The molecule has 6 heteroatoms. The summed E-state index contributed by atoms with van der Waals surface area (Å²) in [5.74, 6) is 0.00495. The van der Waals surface area contributed by atoms with Crippen LogP contribution in [-0.4, -0.2) is 41.5 Å². The molecule has 0 aliphatic carbocycles.